The van der Waals surface area contributed by atoms with Crippen LogP contribution < -0.4 is 8.91 Å². The van der Waals surface area contributed by atoms with Crippen LogP contribution in [0, 0.1) is 0 Å². The molecule has 0 aliphatic heterocycles. The number of carbonyl (C=O) groups excluding carboxylic acids is 1. The van der Waals surface area contributed by atoms with Crippen LogP contribution in [0.2, 0.25) is 0 Å². The molecule has 0 aliphatic carbocycles. The van der Waals surface area contributed by atoms with Crippen molar-refractivity contribution in [3.63, 3.8) is 0 Å². The zero-order valence-corrected chi connectivity index (χ0v) is 21.8. The number of amides is 1. The van der Waals surface area contributed by atoms with Gasteiger partial charge in [0.25, 0.3) is 0 Å². The van der Waals surface area contributed by atoms with E-state index in [9.17, 15) is 13.2 Å². The summed E-state index contributed by atoms with van der Waals surface area (Å²) in [5, 5.41) is 0. The highest BCUT2D eigenvalue weighted by molar-refractivity contribution is 7.85. The van der Waals surface area contributed by atoms with Gasteiger partial charge in [0.2, 0.25) is 0 Å². The second-order valence-corrected chi connectivity index (χ2v) is 8.49. The van der Waals surface area contributed by atoms with Crippen LogP contribution in [0.5, 0.6) is 5.75 Å². The first-order valence-corrected chi connectivity index (χ1v) is 12.9. The molecule has 0 aliphatic rings. The molecule has 2 rings (SSSR count). The predicted octanol–water partition coefficient (Wildman–Crippen LogP) is 4.89. The van der Waals surface area contributed by atoms with E-state index in [0.29, 0.717) is 0 Å². The molecule has 2 aromatic rings. The molecule has 0 saturated carbocycles. The topological polar surface area (TPSA) is 97.3 Å². The van der Waals surface area contributed by atoms with E-state index < -0.39 is 16.4 Å². The molecule has 1 amide bonds. The number of benzene rings is 2. The summed E-state index contributed by atoms with van der Waals surface area (Å²) in [6, 6.07) is 12.4. The van der Waals surface area contributed by atoms with Crippen molar-refractivity contribution in [3.8, 4) is 5.75 Å². The number of hydrogen-bond acceptors (Lipinski definition) is 7. The summed E-state index contributed by atoms with van der Waals surface area (Å²) in [5.74, 6) is 0.0618. The van der Waals surface area contributed by atoms with Crippen LogP contribution >= 0.6 is 0 Å². The Morgan fingerprint density at radius 3 is 1.88 bits per heavy atom. The van der Waals surface area contributed by atoms with Crippen LogP contribution in [0.15, 0.2) is 47.5 Å². The first-order valence-electron chi connectivity index (χ1n) is 11.5. The third-order valence-corrected chi connectivity index (χ3v) is 5.96. The number of hydrogen-bond donors (Lipinski definition) is 1. The number of aliphatic imine (C=N–C) groups is 1. The molecule has 34 heavy (non-hydrogen) atoms. The van der Waals surface area contributed by atoms with Crippen LogP contribution in [0.1, 0.15) is 51.3 Å². The van der Waals surface area contributed by atoms with Crippen molar-refractivity contribution < 1.29 is 22.1 Å². The molecule has 0 atom stereocenters. The fourth-order valence-electron chi connectivity index (χ4n) is 3.09. The number of ether oxygens (including phenoxy) is 1. The zero-order valence-electron chi connectivity index (χ0n) is 21.0. The molecule has 0 spiro atoms. The lowest BCUT2D eigenvalue weighted by atomic mass is 10.0. The Balaban J connectivity index is 0.000000718. The van der Waals surface area contributed by atoms with E-state index in [-0.39, 0.29) is 5.75 Å². The summed E-state index contributed by atoms with van der Waals surface area (Å²) in [6.45, 7) is 14.3. The molecule has 8 nitrogen and oxygen atoms in total. The van der Waals surface area contributed by atoms with Gasteiger partial charge < -0.3 is 13.8 Å². The molecule has 0 saturated heterocycles. The van der Waals surface area contributed by atoms with Crippen molar-refractivity contribution in [2.24, 2.45) is 4.99 Å². The highest BCUT2D eigenvalue weighted by Gasteiger charge is 2.16. The summed E-state index contributed by atoms with van der Waals surface area (Å²) in [4.78, 5) is 18.0. The molecule has 1 N–H and O–H groups in total. The molecule has 0 fully saturated rings. The number of aryl methyl sites for hydroxylation is 2. The summed E-state index contributed by atoms with van der Waals surface area (Å²) >= 11 is 0. The van der Waals surface area contributed by atoms with E-state index in [1.165, 1.54) is 42.9 Å². The normalized spacial score (nSPS) is 11.1. The van der Waals surface area contributed by atoms with Crippen molar-refractivity contribution in [1.29, 1.82) is 0 Å². The Kier molecular flexibility index (Phi) is 12.9. The molecule has 9 heteroatoms. The number of nitrogens with one attached hydrogen (secondary N) is 1. The first-order chi connectivity index (χ1) is 16.2. The van der Waals surface area contributed by atoms with Gasteiger partial charge in [0, 0.05) is 6.21 Å². The van der Waals surface area contributed by atoms with Gasteiger partial charge >= 0.3 is 16.4 Å². The Hall–Kier alpha value is -2.91. The van der Waals surface area contributed by atoms with Gasteiger partial charge in [-0.3, -0.25) is 4.99 Å². The van der Waals surface area contributed by atoms with E-state index in [1.807, 2.05) is 6.07 Å². The number of nitrogens with zero attached hydrogens (tertiary/aromatic N) is 2. The maximum absolute atomic E-state index is 11.6. The zero-order chi connectivity index (χ0) is 25.6. The van der Waals surface area contributed by atoms with E-state index in [0.717, 1.165) is 31.2 Å². The molecule has 188 valence electrons. The van der Waals surface area contributed by atoms with Crippen molar-refractivity contribution in [2.75, 3.05) is 26.7 Å². The lowest BCUT2D eigenvalue weighted by Crippen LogP contribution is -2.33. The molecule has 0 aromatic heterocycles. The number of methoxy groups -OCH3 is 1. The monoisotopic (exact) mass is 491 g/mol. The summed E-state index contributed by atoms with van der Waals surface area (Å²) in [6.07, 6.45) is 2.37. The Morgan fingerprint density at radius 2 is 1.47 bits per heavy atom. The standard InChI is InChI=1S/C19H22N2O5S.C6H15N/c1-4-15-7-6-8-16(5-2)18(15)20-13-14-9-11-17(12-10-14)26-27(23,24)21-19(22)25-3;1-4-7(5-2)6-3/h6-13H,4-5H2,1-3H3,(H,21,22);4-6H2,1-3H3. The predicted molar refractivity (Wildman–Crippen MR) is 137 cm³/mol. The minimum absolute atomic E-state index is 0.0618. The van der Waals surface area contributed by atoms with Crippen molar-refractivity contribution in [3.05, 3.63) is 59.2 Å². The van der Waals surface area contributed by atoms with Gasteiger partial charge in [0.1, 0.15) is 5.75 Å². The molecule has 0 unspecified atom stereocenters. The molecule has 0 heterocycles. The van der Waals surface area contributed by atoms with Crippen LogP contribution in [0.25, 0.3) is 0 Å². The van der Waals surface area contributed by atoms with Gasteiger partial charge in [-0.15, -0.1) is 0 Å². The minimum Gasteiger partial charge on any atom is -0.452 e. The van der Waals surface area contributed by atoms with Crippen LogP contribution in [0.4, 0.5) is 10.5 Å². The molecular weight excluding hydrogens is 454 g/mol. The van der Waals surface area contributed by atoms with Crippen LogP contribution in [-0.2, 0) is 27.9 Å². The van der Waals surface area contributed by atoms with Gasteiger partial charge in [0.05, 0.1) is 12.8 Å². The van der Waals surface area contributed by atoms with Crippen LogP contribution in [-0.4, -0.2) is 52.4 Å². The van der Waals surface area contributed by atoms with Crippen molar-refractivity contribution in [1.82, 2.24) is 9.62 Å². The summed E-state index contributed by atoms with van der Waals surface area (Å²) < 4.78 is 33.9. The molecule has 0 bridgehead atoms. The Morgan fingerprint density at radius 1 is 0.941 bits per heavy atom. The minimum atomic E-state index is -4.29. The largest absolute Gasteiger partial charge is 0.452 e. The van der Waals surface area contributed by atoms with E-state index in [1.54, 1.807) is 23.1 Å². The average Bonchev–Trinajstić information content (AvgIpc) is 2.84. The smallest absolute Gasteiger partial charge is 0.423 e. The number of carbonyl (C=O) groups is 1. The highest BCUT2D eigenvalue weighted by Crippen LogP contribution is 2.25. The molecule has 0 radical (unpaired) electrons. The van der Waals surface area contributed by atoms with Gasteiger partial charge in [-0.2, -0.15) is 13.1 Å². The van der Waals surface area contributed by atoms with Gasteiger partial charge in [-0.25, -0.2) is 4.79 Å². The van der Waals surface area contributed by atoms with Crippen molar-refractivity contribution >= 4 is 28.3 Å². The lowest BCUT2D eigenvalue weighted by Gasteiger charge is -2.13. The van der Waals surface area contributed by atoms with Gasteiger partial charge in [0.15, 0.2) is 0 Å². The van der Waals surface area contributed by atoms with Crippen molar-refractivity contribution in [2.45, 2.75) is 47.5 Å². The van der Waals surface area contributed by atoms with Crippen LogP contribution in [0.3, 0.4) is 0 Å². The molecular formula is C25H37N3O5S. The summed E-state index contributed by atoms with van der Waals surface area (Å²) in [5.41, 5.74) is 4.09. The third-order valence-electron chi connectivity index (χ3n) is 5.13. The second-order valence-electron chi connectivity index (χ2n) is 7.21. The maximum atomic E-state index is 11.6. The van der Waals surface area contributed by atoms with Gasteiger partial charge in [-0.1, -0.05) is 52.8 Å². The third kappa shape index (κ3) is 9.93. The Labute approximate surface area is 204 Å². The fraction of sp³-hybridized carbons (Fsp3) is 0.440. The number of para-hydroxylation sites is 1. The molecule has 2 aromatic carbocycles. The van der Waals surface area contributed by atoms with E-state index in [4.69, 9.17) is 4.18 Å². The maximum Gasteiger partial charge on any atom is 0.423 e. The lowest BCUT2D eigenvalue weighted by molar-refractivity contribution is 0.177. The van der Waals surface area contributed by atoms with Gasteiger partial charge in [-0.05, 0) is 73.4 Å². The fourth-order valence-corrected chi connectivity index (χ4v) is 3.79. The van der Waals surface area contributed by atoms with E-state index in [2.05, 4.69) is 61.4 Å². The summed E-state index contributed by atoms with van der Waals surface area (Å²) in [7, 11) is -3.24. The SMILES string of the molecule is CCN(CC)CC.CCc1cccc(CC)c1N=Cc1ccc(OS(=O)(=O)NC(=O)OC)cc1. The first kappa shape index (κ1) is 29.1. The highest BCUT2D eigenvalue weighted by atomic mass is 32.2. The number of rotatable bonds is 10. The second kappa shape index (κ2) is 15.1. The Bertz CT molecular complexity index is 990. The van der Waals surface area contributed by atoms with E-state index >= 15 is 0 Å². The average molecular weight is 492 g/mol. The quantitative estimate of drug-likeness (QED) is 0.475.